The molecule has 0 saturated carbocycles. The van der Waals surface area contributed by atoms with Crippen LogP contribution in [0.25, 0.3) is 0 Å². The molecule has 0 aliphatic carbocycles. The van der Waals surface area contributed by atoms with E-state index in [0.29, 0.717) is 42.5 Å². The SMILES string of the molecule is Cc1cnc(C(=O)N[C@H]2CCCN(C(=O)c3oc(C)nc3C)CC2)cn1. The van der Waals surface area contributed by atoms with E-state index in [1.165, 1.54) is 6.20 Å². The van der Waals surface area contributed by atoms with Gasteiger partial charge in [0.15, 0.2) is 5.89 Å². The maximum Gasteiger partial charge on any atom is 0.291 e. The summed E-state index contributed by atoms with van der Waals surface area (Å²) in [5.74, 6) is 0.424. The van der Waals surface area contributed by atoms with Crippen LogP contribution in [0.4, 0.5) is 0 Å². The van der Waals surface area contributed by atoms with Gasteiger partial charge in [-0.2, -0.15) is 0 Å². The lowest BCUT2D eigenvalue weighted by atomic mass is 10.1. The molecule has 1 N–H and O–H groups in total. The molecule has 8 nitrogen and oxygen atoms in total. The number of aromatic nitrogens is 3. The fraction of sp³-hybridized carbons (Fsp3) is 0.500. The zero-order valence-electron chi connectivity index (χ0n) is 15.3. The smallest absolute Gasteiger partial charge is 0.291 e. The molecule has 138 valence electrons. The normalized spacial score (nSPS) is 17.7. The van der Waals surface area contributed by atoms with Crippen molar-refractivity contribution in [2.45, 2.75) is 46.1 Å². The van der Waals surface area contributed by atoms with Crippen LogP contribution in [0, 0.1) is 20.8 Å². The lowest BCUT2D eigenvalue weighted by Gasteiger charge is -2.20. The van der Waals surface area contributed by atoms with Crippen LogP contribution in [0.1, 0.15) is 57.6 Å². The van der Waals surface area contributed by atoms with Gasteiger partial charge in [0, 0.05) is 32.3 Å². The van der Waals surface area contributed by atoms with Gasteiger partial charge in [-0.1, -0.05) is 0 Å². The molecule has 2 amide bonds. The topological polar surface area (TPSA) is 101 Å². The first kappa shape index (κ1) is 18.0. The predicted octanol–water partition coefficient (Wildman–Crippen LogP) is 1.81. The number of carbonyl (C=O) groups is 2. The second-order valence-electron chi connectivity index (χ2n) is 6.58. The molecule has 0 unspecified atom stereocenters. The van der Waals surface area contributed by atoms with Crippen molar-refractivity contribution in [3.63, 3.8) is 0 Å². The van der Waals surface area contributed by atoms with E-state index in [1.54, 1.807) is 24.9 Å². The molecule has 3 rings (SSSR count). The lowest BCUT2D eigenvalue weighted by molar-refractivity contribution is 0.0726. The summed E-state index contributed by atoms with van der Waals surface area (Å²) in [4.78, 5) is 39.1. The average Bonchev–Trinajstić information content (AvgIpc) is 2.81. The summed E-state index contributed by atoms with van der Waals surface area (Å²) >= 11 is 0. The lowest BCUT2D eigenvalue weighted by Crippen LogP contribution is -2.37. The van der Waals surface area contributed by atoms with Gasteiger partial charge >= 0.3 is 0 Å². The third-order valence-corrected chi connectivity index (χ3v) is 4.46. The molecule has 1 aliphatic heterocycles. The van der Waals surface area contributed by atoms with Crippen LogP contribution < -0.4 is 5.32 Å². The minimum absolute atomic E-state index is 0.000891. The van der Waals surface area contributed by atoms with Gasteiger partial charge in [-0.05, 0) is 33.1 Å². The first-order valence-electron chi connectivity index (χ1n) is 8.77. The van der Waals surface area contributed by atoms with E-state index in [1.807, 2.05) is 6.92 Å². The molecular formula is C18H23N5O3. The molecule has 1 fully saturated rings. The van der Waals surface area contributed by atoms with Crippen LogP contribution >= 0.6 is 0 Å². The summed E-state index contributed by atoms with van der Waals surface area (Å²) in [6, 6.07) is 0.000891. The molecule has 0 aromatic carbocycles. The van der Waals surface area contributed by atoms with E-state index in [-0.39, 0.29) is 17.9 Å². The quantitative estimate of drug-likeness (QED) is 0.899. The van der Waals surface area contributed by atoms with Crippen LogP contribution in [0.2, 0.25) is 0 Å². The van der Waals surface area contributed by atoms with Gasteiger partial charge in [-0.3, -0.25) is 14.6 Å². The Labute approximate surface area is 152 Å². The second-order valence-corrected chi connectivity index (χ2v) is 6.58. The minimum Gasteiger partial charge on any atom is -0.436 e. The molecule has 0 bridgehead atoms. The van der Waals surface area contributed by atoms with Crippen molar-refractivity contribution < 1.29 is 14.0 Å². The Balaban J connectivity index is 1.59. The monoisotopic (exact) mass is 357 g/mol. The first-order valence-corrected chi connectivity index (χ1v) is 8.77. The number of oxazole rings is 1. The molecule has 2 aromatic rings. The average molecular weight is 357 g/mol. The Kier molecular flexibility index (Phi) is 5.29. The van der Waals surface area contributed by atoms with Crippen LogP contribution in [0.5, 0.6) is 0 Å². The highest BCUT2D eigenvalue weighted by atomic mass is 16.4. The number of carbonyl (C=O) groups excluding carboxylic acids is 2. The molecule has 8 heteroatoms. The number of nitrogens with one attached hydrogen (secondary N) is 1. The molecular weight excluding hydrogens is 334 g/mol. The minimum atomic E-state index is -0.232. The summed E-state index contributed by atoms with van der Waals surface area (Å²) < 4.78 is 5.44. The van der Waals surface area contributed by atoms with E-state index >= 15 is 0 Å². The summed E-state index contributed by atoms with van der Waals surface area (Å²) in [6.07, 6.45) is 5.35. The van der Waals surface area contributed by atoms with E-state index in [2.05, 4.69) is 20.3 Å². The van der Waals surface area contributed by atoms with Crippen LogP contribution in [-0.4, -0.2) is 50.8 Å². The molecule has 1 aliphatic rings. The van der Waals surface area contributed by atoms with Crippen molar-refractivity contribution in [3.8, 4) is 0 Å². The van der Waals surface area contributed by atoms with Gasteiger partial charge in [-0.25, -0.2) is 9.97 Å². The number of hydrogen-bond acceptors (Lipinski definition) is 6. The van der Waals surface area contributed by atoms with Gasteiger partial charge in [0.05, 0.1) is 17.6 Å². The van der Waals surface area contributed by atoms with E-state index < -0.39 is 0 Å². The van der Waals surface area contributed by atoms with E-state index in [4.69, 9.17) is 4.42 Å². The van der Waals surface area contributed by atoms with Crippen LogP contribution in [-0.2, 0) is 0 Å². The van der Waals surface area contributed by atoms with Crippen molar-refractivity contribution in [2.75, 3.05) is 13.1 Å². The maximum atomic E-state index is 12.7. The number of rotatable bonds is 3. The molecule has 1 saturated heterocycles. The fourth-order valence-corrected chi connectivity index (χ4v) is 3.09. The third kappa shape index (κ3) is 4.07. The van der Waals surface area contributed by atoms with Crippen molar-refractivity contribution >= 4 is 11.8 Å². The molecule has 26 heavy (non-hydrogen) atoms. The number of amides is 2. The largest absolute Gasteiger partial charge is 0.436 e. The van der Waals surface area contributed by atoms with Gasteiger partial charge in [0.25, 0.3) is 11.8 Å². The summed E-state index contributed by atoms with van der Waals surface area (Å²) in [6.45, 7) is 6.51. The molecule has 0 radical (unpaired) electrons. The summed E-state index contributed by atoms with van der Waals surface area (Å²) in [5.41, 5.74) is 1.68. The van der Waals surface area contributed by atoms with E-state index in [9.17, 15) is 9.59 Å². The predicted molar refractivity (Wildman–Crippen MR) is 93.8 cm³/mol. The van der Waals surface area contributed by atoms with Crippen LogP contribution in [0.3, 0.4) is 0 Å². The maximum absolute atomic E-state index is 12.7. The Morgan fingerprint density at radius 3 is 2.62 bits per heavy atom. The van der Waals surface area contributed by atoms with Crippen LogP contribution in [0.15, 0.2) is 16.8 Å². The second kappa shape index (κ2) is 7.63. The number of likely N-dealkylation sites (tertiary alicyclic amines) is 1. The van der Waals surface area contributed by atoms with Crippen molar-refractivity contribution in [1.82, 2.24) is 25.2 Å². The van der Waals surface area contributed by atoms with Gasteiger partial charge in [0.2, 0.25) is 5.76 Å². The third-order valence-electron chi connectivity index (χ3n) is 4.46. The highest BCUT2D eigenvalue weighted by Gasteiger charge is 2.26. The Morgan fingerprint density at radius 1 is 1.15 bits per heavy atom. The molecule has 2 aromatic heterocycles. The highest BCUT2D eigenvalue weighted by molar-refractivity contribution is 5.93. The zero-order valence-corrected chi connectivity index (χ0v) is 15.3. The summed E-state index contributed by atoms with van der Waals surface area (Å²) in [5, 5.41) is 2.99. The molecule has 3 heterocycles. The summed E-state index contributed by atoms with van der Waals surface area (Å²) in [7, 11) is 0. The Hall–Kier alpha value is -2.77. The highest BCUT2D eigenvalue weighted by Crippen LogP contribution is 2.17. The number of hydrogen-bond donors (Lipinski definition) is 1. The zero-order chi connectivity index (χ0) is 18.7. The van der Waals surface area contributed by atoms with Gasteiger partial charge in [-0.15, -0.1) is 0 Å². The van der Waals surface area contributed by atoms with Gasteiger partial charge < -0.3 is 14.6 Å². The van der Waals surface area contributed by atoms with E-state index in [0.717, 1.165) is 18.5 Å². The van der Waals surface area contributed by atoms with Crippen molar-refractivity contribution in [3.05, 3.63) is 41.1 Å². The van der Waals surface area contributed by atoms with Crippen molar-refractivity contribution in [2.24, 2.45) is 0 Å². The van der Waals surface area contributed by atoms with Gasteiger partial charge in [0.1, 0.15) is 5.69 Å². The first-order chi connectivity index (χ1) is 12.4. The van der Waals surface area contributed by atoms with Crippen molar-refractivity contribution in [1.29, 1.82) is 0 Å². The Morgan fingerprint density at radius 2 is 1.96 bits per heavy atom. The number of aryl methyl sites for hydroxylation is 3. The molecule has 0 spiro atoms. The Bertz CT molecular complexity index is 800. The standard InChI is InChI=1S/C18H23N5O3/c1-11-9-20-15(10-19-11)17(24)22-14-5-4-7-23(8-6-14)18(25)16-12(2)21-13(3)26-16/h9-10,14H,4-8H2,1-3H3,(H,22,24)/t14-/m0/s1. The molecule has 1 atom stereocenters. The fourth-order valence-electron chi connectivity index (χ4n) is 3.09. The number of nitrogens with zero attached hydrogens (tertiary/aromatic N) is 4.